The first-order chi connectivity index (χ1) is 18.8. The fraction of sp³-hybridized carbons (Fsp3) is 0.333. The summed E-state index contributed by atoms with van der Waals surface area (Å²) in [6.45, 7) is 4.12. The third-order valence-corrected chi connectivity index (χ3v) is 6.21. The number of aromatic amines is 1. The average molecular weight is 554 g/mol. The smallest absolute Gasteiger partial charge is 0.321 e. The molecule has 0 saturated heterocycles. The van der Waals surface area contributed by atoms with Gasteiger partial charge in [0.05, 0.1) is 5.56 Å². The second-order valence-electron chi connectivity index (χ2n) is 9.03. The first kappa shape index (κ1) is 29.6. The number of guanidine groups is 1. The van der Waals surface area contributed by atoms with Crippen molar-refractivity contribution < 1.29 is 4.79 Å². The van der Waals surface area contributed by atoms with E-state index in [9.17, 15) is 9.59 Å². The number of benzene rings is 2. The monoisotopic (exact) mass is 553 g/mol. The molecule has 0 aliphatic rings. The molecule has 0 bridgehead atoms. The molecule has 3 aromatic rings. The van der Waals surface area contributed by atoms with Crippen LogP contribution in [0.4, 0.5) is 10.7 Å². The van der Waals surface area contributed by atoms with Gasteiger partial charge in [-0.3, -0.25) is 20.4 Å². The van der Waals surface area contributed by atoms with E-state index in [2.05, 4.69) is 30.8 Å². The molecule has 0 spiro atoms. The van der Waals surface area contributed by atoms with Crippen LogP contribution in [0.1, 0.15) is 24.0 Å². The lowest BCUT2D eigenvalue weighted by Crippen LogP contribution is -2.34. The molecule has 208 valence electrons. The summed E-state index contributed by atoms with van der Waals surface area (Å²) in [5.74, 6) is 0.0417. The number of nitrogens with zero attached hydrogens (tertiary/aromatic N) is 2. The number of halogens is 1. The van der Waals surface area contributed by atoms with Crippen LogP contribution in [0.2, 0.25) is 5.02 Å². The van der Waals surface area contributed by atoms with E-state index in [1.54, 1.807) is 18.3 Å². The zero-order chi connectivity index (χ0) is 28.0. The summed E-state index contributed by atoms with van der Waals surface area (Å²) in [7, 11) is 0. The highest BCUT2D eigenvalue weighted by atomic mass is 35.5. The molecule has 0 radical (unpaired) electrons. The lowest BCUT2D eigenvalue weighted by molar-refractivity contribution is 0.252. The van der Waals surface area contributed by atoms with Crippen LogP contribution in [0.3, 0.4) is 0 Å². The van der Waals surface area contributed by atoms with Crippen LogP contribution < -0.4 is 33.0 Å². The molecule has 1 aromatic heterocycles. The van der Waals surface area contributed by atoms with Crippen molar-refractivity contribution in [3.8, 4) is 11.1 Å². The highest BCUT2D eigenvalue weighted by Gasteiger charge is 2.10. The number of amides is 2. The van der Waals surface area contributed by atoms with Gasteiger partial charge >= 0.3 is 6.03 Å². The quantitative estimate of drug-likeness (QED) is 0.0910. The van der Waals surface area contributed by atoms with Crippen molar-refractivity contribution in [1.82, 2.24) is 25.5 Å². The maximum Gasteiger partial charge on any atom is 0.321 e. The first-order valence-corrected chi connectivity index (χ1v) is 13.2. The normalized spacial score (nSPS) is 10.8. The Kier molecular flexibility index (Phi) is 11.8. The van der Waals surface area contributed by atoms with Crippen molar-refractivity contribution in [3.05, 3.63) is 81.2 Å². The van der Waals surface area contributed by atoms with Crippen molar-refractivity contribution in [2.24, 2.45) is 11.5 Å². The topological polar surface area (TPSA) is 178 Å². The van der Waals surface area contributed by atoms with E-state index in [-0.39, 0.29) is 11.9 Å². The van der Waals surface area contributed by atoms with Crippen molar-refractivity contribution in [2.45, 2.75) is 25.8 Å². The zero-order valence-corrected chi connectivity index (χ0v) is 22.6. The Morgan fingerprint density at radius 1 is 1.00 bits per heavy atom. The maximum atomic E-state index is 12.7. The average Bonchev–Trinajstić information content (AvgIpc) is 2.91. The van der Waals surface area contributed by atoms with Crippen molar-refractivity contribution >= 4 is 29.5 Å². The van der Waals surface area contributed by atoms with Gasteiger partial charge in [0.2, 0.25) is 5.95 Å². The largest absolute Gasteiger partial charge is 0.370 e. The molecule has 0 atom stereocenters. The van der Waals surface area contributed by atoms with Gasteiger partial charge in [-0.25, -0.2) is 4.79 Å². The molecule has 11 nitrogen and oxygen atoms in total. The van der Waals surface area contributed by atoms with Gasteiger partial charge in [-0.1, -0.05) is 48.0 Å². The number of aromatic nitrogens is 2. The molecule has 3 rings (SSSR count). The van der Waals surface area contributed by atoms with Gasteiger partial charge in [0.25, 0.3) is 5.56 Å². The number of nitrogens with one attached hydrogen (secondary N) is 5. The van der Waals surface area contributed by atoms with E-state index < -0.39 is 11.6 Å². The second-order valence-corrected chi connectivity index (χ2v) is 9.47. The number of urea groups is 1. The number of hydrogen-bond acceptors (Lipinski definition) is 6. The molecule has 12 heteroatoms. The van der Waals surface area contributed by atoms with Crippen molar-refractivity contribution in [2.75, 3.05) is 38.0 Å². The predicted octanol–water partition coefficient (Wildman–Crippen LogP) is 2.48. The Morgan fingerprint density at radius 2 is 1.69 bits per heavy atom. The molecular weight excluding hydrogens is 518 g/mol. The summed E-state index contributed by atoms with van der Waals surface area (Å²) in [4.78, 5) is 34.0. The fourth-order valence-electron chi connectivity index (χ4n) is 3.95. The van der Waals surface area contributed by atoms with E-state index in [0.717, 1.165) is 49.2 Å². The van der Waals surface area contributed by atoms with Crippen LogP contribution in [-0.2, 0) is 13.0 Å². The predicted molar refractivity (Wildman–Crippen MR) is 156 cm³/mol. The molecule has 0 unspecified atom stereocenters. The van der Waals surface area contributed by atoms with Crippen LogP contribution in [0.15, 0.2) is 59.5 Å². The van der Waals surface area contributed by atoms with Crippen LogP contribution in [0, 0.1) is 5.41 Å². The zero-order valence-electron chi connectivity index (χ0n) is 21.8. The van der Waals surface area contributed by atoms with Gasteiger partial charge in [-0.15, -0.1) is 0 Å². The van der Waals surface area contributed by atoms with Crippen LogP contribution in [-0.4, -0.2) is 59.6 Å². The molecule has 2 aromatic carbocycles. The molecule has 1 heterocycles. The van der Waals surface area contributed by atoms with Crippen molar-refractivity contribution in [3.63, 3.8) is 0 Å². The maximum absolute atomic E-state index is 12.7. The number of carbonyl (C=O) groups is 1. The highest BCUT2D eigenvalue weighted by molar-refractivity contribution is 6.30. The number of hydrogen-bond donors (Lipinski definition) is 7. The number of H-pyrrole nitrogens is 1. The van der Waals surface area contributed by atoms with Gasteiger partial charge in [-0.05, 0) is 61.2 Å². The lowest BCUT2D eigenvalue weighted by atomic mass is 10.1. The fourth-order valence-corrected chi connectivity index (χ4v) is 4.07. The number of anilines is 1. The lowest BCUT2D eigenvalue weighted by Gasteiger charge is -2.22. The summed E-state index contributed by atoms with van der Waals surface area (Å²) in [6, 6.07) is 14.7. The van der Waals surface area contributed by atoms with Crippen LogP contribution in [0.25, 0.3) is 11.1 Å². The Morgan fingerprint density at radius 3 is 2.36 bits per heavy atom. The number of nitrogens with two attached hydrogens (primary N) is 2. The molecular formula is C27H36ClN9O2. The Hall–Kier alpha value is -3.93. The van der Waals surface area contributed by atoms with E-state index >= 15 is 0 Å². The van der Waals surface area contributed by atoms with Gasteiger partial charge in [0.15, 0.2) is 5.96 Å². The summed E-state index contributed by atoms with van der Waals surface area (Å²) in [6.07, 6.45) is 3.93. The van der Waals surface area contributed by atoms with E-state index in [1.165, 1.54) is 0 Å². The molecule has 0 aliphatic heterocycles. The van der Waals surface area contributed by atoms with Crippen LogP contribution >= 0.6 is 11.6 Å². The van der Waals surface area contributed by atoms with E-state index in [0.29, 0.717) is 36.6 Å². The standard InChI is InChI=1S/C27H36ClN9O2/c28-22-9-5-19(6-10-22)11-14-33-27(39)36-26-34-17-23(24(38)35-26)21-7-3-20(4-8-21)18-37(15-1-12-29)16-2-13-32-25(30)31/h3-10,17H,1-2,11-16,18,29H2,(H4,30,31,32)(H3,33,34,35,36,38,39). The Bertz CT molecular complexity index is 1260. The minimum atomic E-state index is -0.458. The molecule has 0 fully saturated rings. The summed E-state index contributed by atoms with van der Waals surface area (Å²) < 4.78 is 0. The SMILES string of the molecule is N=C(N)NCCCN(CCCN)Cc1ccc(-c2c[nH]c(NC(=O)NCCc3ccc(Cl)cc3)nc2=O)cc1. The minimum Gasteiger partial charge on any atom is -0.370 e. The molecule has 0 aliphatic carbocycles. The van der Waals surface area contributed by atoms with Gasteiger partial charge in [0.1, 0.15) is 0 Å². The van der Waals surface area contributed by atoms with Gasteiger partial charge < -0.3 is 27.1 Å². The van der Waals surface area contributed by atoms with Crippen molar-refractivity contribution in [1.29, 1.82) is 5.41 Å². The van der Waals surface area contributed by atoms with Gasteiger partial charge in [-0.2, -0.15) is 4.98 Å². The molecule has 39 heavy (non-hydrogen) atoms. The molecule has 2 amide bonds. The third-order valence-electron chi connectivity index (χ3n) is 5.96. The van der Waals surface area contributed by atoms with E-state index in [4.69, 9.17) is 28.5 Å². The number of carbonyl (C=O) groups excluding carboxylic acids is 1. The Labute approximate surface area is 232 Å². The number of rotatable bonds is 14. The third kappa shape index (κ3) is 10.4. The Balaban J connectivity index is 1.52. The van der Waals surface area contributed by atoms with Gasteiger partial charge in [0, 0.05) is 37.4 Å². The molecule has 0 saturated carbocycles. The minimum absolute atomic E-state index is 0.0270. The summed E-state index contributed by atoms with van der Waals surface area (Å²) >= 11 is 5.89. The van der Waals surface area contributed by atoms with Crippen LogP contribution in [0.5, 0.6) is 0 Å². The summed E-state index contributed by atoms with van der Waals surface area (Å²) in [5, 5.41) is 16.0. The highest BCUT2D eigenvalue weighted by Crippen LogP contribution is 2.17. The molecule has 9 N–H and O–H groups in total. The van der Waals surface area contributed by atoms with E-state index in [1.807, 2.05) is 36.4 Å². The second kappa shape index (κ2) is 15.5. The first-order valence-electron chi connectivity index (χ1n) is 12.8. The summed E-state index contributed by atoms with van der Waals surface area (Å²) in [5.41, 5.74) is 13.9.